The molecule has 1 aliphatic rings. The lowest BCUT2D eigenvalue weighted by Gasteiger charge is -2.22. The Morgan fingerprint density at radius 1 is 1.10 bits per heavy atom. The molecule has 1 saturated heterocycles. The minimum atomic E-state index is 0. The van der Waals surface area contributed by atoms with E-state index in [2.05, 4.69) is 40.7 Å². The third-order valence-electron chi connectivity index (χ3n) is 5.00. The van der Waals surface area contributed by atoms with E-state index in [1.807, 2.05) is 30.3 Å². The molecule has 0 aromatic heterocycles. The highest BCUT2D eigenvalue weighted by Gasteiger charge is 2.13. The Morgan fingerprint density at radius 3 is 2.61 bits per heavy atom. The summed E-state index contributed by atoms with van der Waals surface area (Å²) in [6.45, 7) is 5.88. The molecule has 0 amide bonds. The van der Waals surface area contributed by atoms with E-state index in [-0.39, 0.29) is 24.0 Å². The lowest BCUT2D eigenvalue weighted by Crippen LogP contribution is -2.37. The summed E-state index contributed by atoms with van der Waals surface area (Å²) in [7, 11) is 1.78. The number of hydrogen-bond donors (Lipinski definition) is 2. The Balaban J connectivity index is 0.00000341. The van der Waals surface area contributed by atoms with E-state index in [1.54, 1.807) is 7.05 Å². The predicted octanol–water partition coefficient (Wildman–Crippen LogP) is 4.66. The van der Waals surface area contributed by atoms with Crippen molar-refractivity contribution in [2.45, 2.75) is 38.8 Å². The zero-order valence-corrected chi connectivity index (χ0v) is 20.8. The van der Waals surface area contributed by atoms with Gasteiger partial charge in [0.15, 0.2) is 5.96 Å². The fourth-order valence-electron chi connectivity index (χ4n) is 3.29. The van der Waals surface area contributed by atoms with Crippen LogP contribution in [0.1, 0.15) is 30.4 Å². The van der Waals surface area contributed by atoms with Crippen LogP contribution < -0.4 is 15.4 Å². The molecule has 7 heteroatoms. The molecule has 6 nitrogen and oxygen atoms in total. The predicted molar refractivity (Wildman–Crippen MR) is 136 cm³/mol. The van der Waals surface area contributed by atoms with Crippen LogP contribution in [0.4, 0.5) is 0 Å². The van der Waals surface area contributed by atoms with Gasteiger partial charge in [-0.05, 0) is 49.9 Å². The first-order chi connectivity index (χ1) is 14.7. The fourth-order valence-corrected chi connectivity index (χ4v) is 3.29. The first-order valence-corrected chi connectivity index (χ1v) is 10.7. The molecule has 2 aromatic carbocycles. The maximum absolute atomic E-state index is 6.10. The van der Waals surface area contributed by atoms with Gasteiger partial charge in [-0.15, -0.1) is 24.0 Å². The van der Waals surface area contributed by atoms with Crippen LogP contribution in [0.15, 0.2) is 53.5 Å². The Kier molecular flexibility index (Phi) is 11.7. The third kappa shape index (κ3) is 9.04. The molecular formula is C24H34IN3O3. The van der Waals surface area contributed by atoms with Crippen LogP contribution in [-0.2, 0) is 16.0 Å². The van der Waals surface area contributed by atoms with Crippen molar-refractivity contribution < 1.29 is 14.2 Å². The molecule has 0 bridgehead atoms. The quantitative estimate of drug-likeness (QED) is 0.210. The van der Waals surface area contributed by atoms with Crippen LogP contribution in [0.2, 0.25) is 0 Å². The molecule has 0 saturated carbocycles. The highest BCUT2D eigenvalue weighted by Crippen LogP contribution is 2.26. The summed E-state index contributed by atoms with van der Waals surface area (Å²) in [6.07, 6.45) is 3.28. The summed E-state index contributed by atoms with van der Waals surface area (Å²) in [5, 5.41) is 6.72. The van der Waals surface area contributed by atoms with Crippen LogP contribution in [-0.4, -0.2) is 45.5 Å². The molecule has 0 unspecified atom stereocenters. The van der Waals surface area contributed by atoms with Crippen molar-refractivity contribution in [3.63, 3.8) is 0 Å². The number of hydrogen-bond acceptors (Lipinski definition) is 4. The molecule has 3 rings (SSSR count). The summed E-state index contributed by atoms with van der Waals surface area (Å²) in [6, 6.07) is 16.1. The summed E-state index contributed by atoms with van der Waals surface area (Å²) >= 11 is 0. The molecule has 31 heavy (non-hydrogen) atoms. The molecule has 1 aliphatic heterocycles. The minimum Gasteiger partial charge on any atom is -0.457 e. The van der Waals surface area contributed by atoms with Gasteiger partial charge in [-0.1, -0.05) is 30.3 Å². The number of rotatable bonds is 9. The molecule has 0 aliphatic carbocycles. The topological polar surface area (TPSA) is 64.1 Å². The summed E-state index contributed by atoms with van der Waals surface area (Å²) in [5.41, 5.74) is 2.24. The summed E-state index contributed by atoms with van der Waals surface area (Å²) < 4.78 is 17.4. The van der Waals surface area contributed by atoms with E-state index in [1.165, 1.54) is 0 Å². The van der Waals surface area contributed by atoms with Crippen molar-refractivity contribution in [1.29, 1.82) is 0 Å². The van der Waals surface area contributed by atoms with Gasteiger partial charge in [0.1, 0.15) is 11.5 Å². The van der Waals surface area contributed by atoms with Gasteiger partial charge in [0.05, 0.1) is 6.10 Å². The summed E-state index contributed by atoms with van der Waals surface area (Å²) in [5.74, 6) is 2.46. The highest BCUT2D eigenvalue weighted by molar-refractivity contribution is 14.0. The van der Waals surface area contributed by atoms with Gasteiger partial charge in [0, 0.05) is 45.5 Å². The normalized spacial score (nSPS) is 14.6. The maximum Gasteiger partial charge on any atom is 0.191 e. The van der Waals surface area contributed by atoms with Crippen molar-refractivity contribution in [3.05, 3.63) is 59.7 Å². The second-order valence-corrected chi connectivity index (χ2v) is 7.41. The smallest absolute Gasteiger partial charge is 0.191 e. The molecular weight excluding hydrogens is 505 g/mol. The standard InChI is InChI=1S/C24H33N3O3.HI/c1-19-9-10-20(23(17-19)30-22-7-4-3-5-8-22)18-27-24(25-2)26-13-6-14-29-21-11-15-28-16-12-21;/h3-5,7-10,17,21H,6,11-16,18H2,1-2H3,(H2,25,26,27);1H. The van der Waals surface area contributed by atoms with Crippen molar-refractivity contribution in [2.24, 2.45) is 4.99 Å². The zero-order valence-electron chi connectivity index (χ0n) is 18.4. The number of para-hydroxylation sites is 1. The number of benzene rings is 2. The molecule has 0 radical (unpaired) electrons. The average molecular weight is 539 g/mol. The van der Waals surface area contributed by atoms with Crippen molar-refractivity contribution in [1.82, 2.24) is 10.6 Å². The number of nitrogens with one attached hydrogen (secondary N) is 2. The molecule has 1 fully saturated rings. The lowest BCUT2D eigenvalue weighted by molar-refractivity contribution is -0.0320. The Morgan fingerprint density at radius 2 is 1.87 bits per heavy atom. The van der Waals surface area contributed by atoms with E-state index in [9.17, 15) is 0 Å². The second-order valence-electron chi connectivity index (χ2n) is 7.41. The van der Waals surface area contributed by atoms with Crippen molar-refractivity contribution in [2.75, 3.05) is 33.4 Å². The first-order valence-electron chi connectivity index (χ1n) is 10.7. The van der Waals surface area contributed by atoms with E-state index in [0.29, 0.717) is 12.6 Å². The largest absolute Gasteiger partial charge is 0.457 e. The third-order valence-corrected chi connectivity index (χ3v) is 5.00. The van der Waals surface area contributed by atoms with Gasteiger partial charge in [-0.25, -0.2) is 0 Å². The molecule has 2 N–H and O–H groups in total. The number of guanidine groups is 1. The van der Waals surface area contributed by atoms with E-state index in [4.69, 9.17) is 14.2 Å². The van der Waals surface area contributed by atoms with Gasteiger partial charge in [-0.2, -0.15) is 0 Å². The van der Waals surface area contributed by atoms with E-state index >= 15 is 0 Å². The van der Waals surface area contributed by atoms with Crippen LogP contribution in [0, 0.1) is 6.92 Å². The van der Waals surface area contributed by atoms with Crippen LogP contribution >= 0.6 is 24.0 Å². The number of ether oxygens (including phenoxy) is 3. The van der Waals surface area contributed by atoms with Gasteiger partial charge >= 0.3 is 0 Å². The van der Waals surface area contributed by atoms with E-state index in [0.717, 1.165) is 74.2 Å². The average Bonchev–Trinajstić information content (AvgIpc) is 2.78. The van der Waals surface area contributed by atoms with Gasteiger partial charge < -0.3 is 24.8 Å². The number of nitrogens with zero attached hydrogens (tertiary/aromatic N) is 1. The first kappa shape index (κ1) is 25.4. The lowest BCUT2D eigenvalue weighted by atomic mass is 10.1. The molecule has 2 aromatic rings. The Labute approximate surface area is 202 Å². The maximum atomic E-state index is 6.10. The van der Waals surface area contributed by atoms with Crippen LogP contribution in [0.5, 0.6) is 11.5 Å². The van der Waals surface area contributed by atoms with Crippen LogP contribution in [0.25, 0.3) is 0 Å². The zero-order chi connectivity index (χ0) is 21.0. The number of aliphatic imine (C=N–C) groups is 1. The molecule has 1 heterocycles. The monoisotopic (exact) mass is 539 g/mol. The van der Waals surface area contributed by atoms with E-state index < -0.39 is 0 Å². The molecule has 170 valence electrons. The number of aryl methyl sites for hydroxylation is 1. The minimum absolute atomic E-state index is 0. The Hall–Kier alpha value is -1.84. The fraction of sp³-hybridized carbons (Fsp3) is 0.458. The van der Waals surface area contributed by atoms with Gasteiger partial charge in [-0.3, -0.25) is 4.99 Å². The van der Waals surface area contributed by atoms with Crippen molar-refractivity contribution >= 4 is 29.9 Å². The second kappa shape index (κ2) is 14.3. The number of halogens is 1. The molecule has 0 spiro atoms. The van der Waals surface area contributed by atoms with Gasteiger partial charge in [0.25, 0.3) is 0 Å². The van der Waals surface area contributed by atoms with Crippen LogP contribution in [0.3, 0.4) is 0 Å². The van der Waals surface area contributed by atoms with Gasteiger partial charge in [0.2, 0.25) is 0 Å². The SMILES string of the molecule is CN=C(NCCCOC1CCOCC1)NCc1ccc(C)cc1Oc1ccccc1.I. The summed E-state index contributed by atoms with van der Waals surface area (Å²) in [4.78, 5) is 4.32. The molecule has 0 atom stereocenters. The van der Waals surface area contributed by atoms with Crippen molar-refractivity contribution in [3.8, 4) is 11.5 Å². The highest BCUT2D eigenvalue weighted by atomic mass is 127. The Bertz CT molecular complexity index is 796.